The molecule has 0 bridgehead atoms. The lowest BCUT2D eigenvalue weighted by molar-refractivity contribution is 0.625. The first-order chi connectivity index (χ1) is 9.32. The fourth-order valence-corrected chi connectivity index (χ4v) is 3.00. The Balaban J connectivity index is 2.85. The van der Waals surface area contributed by atoms with Crippen LogP contribution in [0.3, 0.4) is 0 Å². The van der Waals surface area contributed by atoms with Crippen LogP contribution in [0.1, 0.15) is 25.3 Å². The van der Waals surface area contributed by atoms with E-state index in [9.17, 15) is 14.0 Å². The van der Waals surface area contributed by atoms with Gasteiger partial charge in [-0.15, -0.1) is 0 Å². The molecule has 0 spiro atoms. The van der Waals surface area contributed by atoms with Gasteiger partial charge in [0.1, 0.15) is 11.0 Å². The Morgan fingerprint density at radius 2 is 2.00 bits per heavy atom. The van der Waals surface area contributed by atoms with Crippen molar-refractivity contribution in [2.45, 2.75) is 19.8 Å². The normalized spacial score (nSPS) is 11.1. The predicted octanol–water partition coefficient (Wildman–Crippen LogP) is 3.05. The van der Waals surface area contributed by atoms with Crippen molar-refractivity contribution in [1.29, 1.82) is 0 Å². The van der Waals surface area contributed by atoms with Crippen LogP contribution in [0.25, 0.3) is 5.69 Å². The predicted molar refractivity (Wildman–Crippen MR) is 84.4 cm³/mol. The highest BCUT2D eigenvalue weighted by Gasteiger charge is 2.18. The van der Waals surface area contributed by atoms with Gasteiger partial charge in [-0.2, -0.15) is 0 Å². The molecule has 7 heteroatoms. The van der Waals surface area contributed by atoms with E-state index in [1.165, 1.54) is 18.2 Å². The summed E-state index contributed by atoms with van der Waals surface area (Å²) in [5.41, 5.74) is -0.476. The summed E-state index contributed by atoms with van der Waals surface area (Å²) < 4.78 is 14.6. The molecule has 0 aliphatic heterocycles. The molecule has 0 unspecified atom stereocenters. The van der Waals surface area contributed by atoms with Gasteiger partial charge in [-0.1, -0.05) is 25.4 Å². The first-order valence-corrected chi connectivity index (χ1v) is 7.28. The third kappa shape index (κ3) is 2.67. The van der Waals surface area contributed by atoms with Crippen LogP contribution in [-0.2, 0) is 0 Å². The van der Waals surface area contributed by atoms with Crippen LogP contribution in [0.5, 0.6) is 0 Å². The SMILES string of the molecule is CC(C)c1c(Cl)[nH]c(=O)n(-c2ccc(F)cc2I)c1=O. The minimum atomic E-state index is -0.645. The number of hydrogen-bond acceptors (Lipinski definition) is 2. The zero-order valence-electron chi connectivity index (χ0n) is 10.7. The number of hydrogen-bond donors (Lipinski definition) is 1. The van der Waals surface area contributed by atoms with E-state index in [0.29, 0.717) is 14.8 Å². The fraction of sp³-hybridized carbons (Fsp3) is 0.231. The maximum Gasteiger partial charge on any atom is 0.334 e. The molecule has 4 nitrogen and oxygen atoms in total. The highest BCUT2D eigenvalue weighted by molar-refractivity contribution is 14.1. The smallest absolute Gasteiger partial charge is 0.297 e. The fourth-order valence-electron chi connectivity index (χ4n) is 1.91. The Morgan fingerprint density at radius 3 is 2.55 bits per heavy atom. The lowest BCUT2D eigenvalue weighted by Crippen LogP contribution is -2.37. The second-order valence-corrected chi connectivity index (χ2v) is 6.09. The van der Waals surface area contributed by atoms with Crippen LogP contribution in [-0.4, -0.2) is 9.55 Å². The van der Waals surface area contributed by atoms with E-state index in [0.717, 1.165) is 4.57 Å². The van der Waals surface area contributed by atoms with Gasteiger partial charge in [0.25, 0.3) is 5.56 Å². The quantitative estimate of drug-likeness (QED) is 0.613. The molecule has 20 heavy (non-hydrogen) atoms. The zero-order valence-corrected chi connectivity index (χ0v) is 13.6. The van der Waals surface area contributed by atoms with E-state index >= 15 is 0 Å². The van der Waals surface area contributed by atoms with Crippen LogP contribution in [0, 0.1) is 9.39 Å². The first-order valence-electron chi connectivity index (χ1n) is 5.83. The second-order valence-electron chi connectivity index (χ2n) is 4.55. The van der Waals surface area contributed by atoms with Gasteiger partial charge in [-0.05, 0) is 46.7 Å². The van der Waals surface area contributed by atoms with Crippen molar-refractivity contribution in [3.63, 3.8) is 0 Å². The van der Waals surface area contributed by atoms with E-state index in [1.807, 2.05) is 22.6 Å². The average Bonchev–Trinajstić information content (AvgIpc) is 2.30. The topological polar surface area (TPSA) is 54.9 Å². The molecule has 0 saturated heterocycles. The summed E-state index contributed by atoms with van der Waals surface area (Å²) in [7, 11) is 0. The highest BCUT2D eigenvalue weighted by atomic mass is 127. The third-order valence-electron chi connectivity index (χ3n) is 2.82. The monoisotopic (exact) mass is 408 g/mol. The molecule has 0 aliphatic carbocycles. The van der Waals surface area contributed by atoms with Crippen molar-refractivity contribution in [3.8, 4) is 5.69 Å². The third-order valence-corrected chi connectivity index (χ3v) is 3.98. The Kier molecular flexibility index (Phi) is 4.33. The highest BCUT2D eigenvalue weighted by Crippen LogP contribution is 2.19. The minimum Gasteiger partial charge on any atom is -0.297 e. The summed E-state index contributed by atoms with van der Waals surface area (Å²) >= 11 is 7.80. The molecular weight excluding hydrogens is 398 g/mol. The van der Waals surface area contributed by atoms with Crippen LogP contribution < -0.4 is 11.2 Å². The number of nitrogens with zero attached hydrogens (tertiary/aromatic N) is 1. The second kappa shape index (κ2) is 5.69. The lowest BCUT2D eigenvalue weighted by atomic mass is 10.1. The Hall–Kier alpha value is -1.15. The van der Waals surface area contributed by atoms with Crippen molar-refractivity contribution in [3.05, 3.63) is 59.1 Å². The summed E-state index contributed by atoms with van der Waals surface area (Å²) in [5.74, 6) is -0.572. The van der Waals surface area contributed by atoms with Gasteiger partial charge in [-0.25, -0.2) is 13.8 Å². The van der Waals surface area contributed by atoms with Crippen LogP contribution in [0.2, 0.25) is 5.15 Å². The number of aromatic nitrogens is 2. The summed E-state index contributed by atoms with van der Waals surface area (Å²) in [5, 5.41) is 0.0448. The Labute approximate surface area is 132 Å². The molecular formula is C13H11ClFIN2O2. The van der Waals surface area contributed by atoms with Crippen molar-refractivity contribution < 1.29 is 4.39 Å². The lowest BCUT2D eigenvalue weighted by Gasteiger charge is -2.12. The van der Waals surface area contributed by atoms with Crippen LogP contribution in [0.15, 0.2) is 27.8 Å². The largest absolute Gasteiger partial charge is 0.334 e. The number of nitrogens with one attached hydrogen (secondary N) is 1. The number of aromatic amines is 1. The molecule has 1 heterocycles. The molecule has 1 aromatic carbocycles. The molecule has 0 atom stereocenters. The first kappa shape index (κ1) is 15.2. The van der Waals surface area contributed by atoms with Gasteiger partial charge in [0, 0.05) is 3.57 Å². The summed E-state index contributed by atoms with van der Waals surface area (Å²) in [6.45, 7) is 3.61. The van der Waals surface area contributed by atoms with Crippen LogP contribution in [0.4, 0.5) is 4.39 Å². The van der Waals surface area contributed by atoms with E-state index < -0.39 is 17.1 Å². The molecule has 2 aromatic rings. The van der Waals surface area contributed by atoms with E-state index in [-0.39, 0.29) is 11.1 Å². The van der Waals surface area contributed by atoms with E-state index in [2.05, 4.69) is 4.98 Å². The minimum absolute atomic E-state index is 0.0448. The average molecular weight is 409 g/mol. The number of benzene rings is 1. The summed E-state index contributed by atoms with van der Waals surface area (Å²) in [6, 6.07) is 3.85. The van der Waals surface area contributed by atoms with Crippen LogP contribution >= 0.6 is 34.2 Å². The maximum absolute atomic E-state index is 13.1. The van der Waals surface area contributed by atoms with Gasteiger partial charge in [-0.3, -0.25) is 9.78 Å². The number of H-pyrrole nitrogens is 1. The van der Waals surface area contributed by atoms with Gasteiger partial charge < -0.3 is 0 Å². The standard InChI is InChI=1S/C13H11ClFIN2O2/c1-6(2)10-11(14)17-13(20)18(12(10)19)9-4-3-7(15)5-8(9)16/h3-6H,1-2H3,(H,17,20). The molecule has 0 radical (unpaired) electrons. The number of halogens is 3. The molecule has 0 saturated carbocycles. The van der Waals surface area contributed by atoms with E-state index in [1.54, 1.807) is 13.8 Å². The maximum atomic E-state index is 13.1. The van der Waals surface area contributed by atoms with Gasteiger partial charge >= 0.3 is 5.69 Å². The molecule has 1 aromatic heterocycles. The molecule has 0 fully saturated rings. The Bertz CT molecular complexity index is 783. The molecule has 106 valence electrons. The van der Waals surface area contributed by atoms with Crippen molar-refractivity contribution in [1.82, 2.24) is 9.55 Å². The zero-order chi connectivity index (χ0) is 15.0. The summed E-state index contributed by atoms with van der Waals surface area (Å²) in [4.78, 5) is 26.9. The number of rotatable bonds is 2. The van der Waals surface area contributed by atoms with Crippen molar-refractivity contribution in [2.24, 2.45) is 0 Å². The van der Waals surface area contributed by atoms with Gasteiger partial charge in [0.15, 0.2) is 0 Å². The van der Waals surface area contributed by atoms with Gasteiger partial charge in [0.05, 0.1) is 11.3 Å². The van der Waals surface area contributed by atoms with Crippen molar-refractivity contribution in [2.75, 3.05) is 0 Å². The van der Waals surface area contributed by atoms with Crippen molar-refractivity contribution >= 4 is 34.2 Å². The van der Waals surface area contributed by atoms with E-state index in [4.69, 9.17) is 11.6 Å². The molecule has 0 aliphatic rings. The Morgan fingerprint density at radius 1 is 1.35 bits per heavy atom. The molecule has 2 rings (SSSR count). The van der Waals surface area contributed by atoms with Gasteiger partial charge in [0.2, 0.25) is 0 Å². The molecule has 0 amide bonds. The molecule has 1 N–H and O–H groups in total. The summed E-state index contributed by atoms with van der Waals surface area (Å²) in [6.07, 6.45) is 0.